The van der Waals surface area contributed by atoms with Crippen LogP contribution in [-0.4, -0.2) is 36.3 Å². The quantitative estimate of drug-likeness (QED) is 0.499. The lowest BCUT2D eigenvalue weighted by Crippen LogP contribution is -2.41. The first kappa shape index (κ1) is 20.3. The average Bonchev–Trinajstić information content (AvgIpc) is 3.27. The highest BCUT2D eigenvalue weighted by Crippen LogP contribution is 2.23. The number of para-hydroxylation sites is 1. The molecule has 0 bridgehead atoms. The summed E-state index contributed by atoms with van der Waals surface area (Å²) in [6.07, 6.45) is 2.13. The van der Waals surface area contributed by atoms with Crippen molar-refractivity contribution in [1.82, 2.24) is 10.2 Å². The SMILES string of the molecule is O=C(Cc1cccc2ccccc12)NCC1CCN(C(=O)c2cc3ccccc3o2)CC1. The van der Waals surface area contributed by atoms with Crippen LogP contribution >= 0.6 is 0 Å². The summed E-state index contributed by atoms with van der Waals surface area (Å²) in [7, 11) is 0. The van der Waals surface area contributed by atoms with Gasteiger partial charge in [0.1, 0.15) is 5.58 Å². The molecule has 2 heterocycles. The molecule has 1 fully saturated rings. The second kappa shape index (κ2) is 8.87. The number of carbonyl (C=O) groups excluding carboxylic acids is 2. The molecule has 0 radical (unpaired) electrons. The first-order valence-corrected chi connectivity index (χ1v) is 11.2. The number of benzene rings is 3. The highest BCUT2D eigenvalue weighted by Gasteiger charge is 2.26. The minimum atomic E-state index is -0.0559. The first-order chi connectivity index (χ1) is 15.7. The van der Waals surface area contributed by atoms with E-state index in [1.165, 1.54) is 0 Å². The molecule has 0 saturated carbocycles. The summed E-state index contributed by atoms with van der Waals surface area (Å²) in [5, 5.41) is 6.32. The fourth-order valence-corrected chi connectivity index (χ4v) is 4.52. The Morgan fingerprint density at radius 2 is 1.62 bits per heavy atom. The van der Waals surface area contributed by atoms with Gasteiger partial charge in [-0.25, -0.2) is 0 Å². The number of amides is 2. The van der Waals surface area contributed by atoms with E-state index in [-0.39, 0.29) is 11.8 Å². The number of hydrogen-bond donors (Lipinski definition) is 1. The standard InChI is InChI=1S/C27H26N2O3/c30-26(17-21-9-5-8-20-6-1-3-10-23(20)21)28-18-19-12-14-29(15-13-19)27(31)25-16-22-7-2-4-11-24(22)32-25/h1-11,16,19H,12-15,17-18H2,(H,28,30). The third kappa shape index (κ3) is 4.24. The van der Waals surface area contributed by atoms with Gasteiger partial charge in [-0.1, -0.05) is 60.7 Å². The maximum atomic E-state index is 12.8. The number of carbonyl (C=O) groups is 2. The molecule has 0 unspecified atom stereocenters. The smallest absolute Gasteiger partial charge is 0.289 e. The molecule has 1 aromatic heterocycles. The number of furan rings is 1. The fraction of sp³-hybridized carbons (Fsp3) is 0.259. The van der Waals surface area contributed by atoms with E-state index in [9.17, 15) is 9.59 Å². The summed E-state index contributed by atoms with van der Waals surface area (Å²) in [4.78, 5) is 27.2. The minimum Gasteiger partial charge on any atom is -0.451 e. The molecule has 0 atom stereocenters. The van der Waals surface area contributed by atoms with Crippen molar-refractivity contribution >= 4 is 33.6 Å². The molecule has 0 aliphatic carbocycles. The number of piperidine rings is 1. The normalized spacial score (nSPS) is 14.7. The summed E-state index contributed by atoms with van der Waals surface area (Å²) >= 11 is 0. The molecule has 2 amide bonds. The van der Waals surface area contributed by atoms with Crippen LogP contribution < -0.4 is 5.32 Å². The van der Waals surface area contributed by atoms with Crippen molar-refractivity contribution in [2.45, 2.75) is 19.3 Å². The fourth-order valence-electron chi connectivity index (χ4n) is 4.52. The van der Waals surface area contributed by atoms with Crippen LogP contribution in [0.3, 0.4) is 0 Å². The Labute approximate surface area is 187 Å². The van der Waals surface area contributed by atoms with Crippen LogP contribution in [0, 0.1) is 5.92 Å². The predicted octanol–water partition coefficient (Wildman–Crippen LogP) is 4.80. The van der Waals surface area contributed by atoms with Crippen LogP contribution in [0.25, 0.3) is 21.7 Å². The Morgan fingerprint density at radius 1 is 0.906 bits per heavy atom. The van der Waals surface area contributed by atoms with Crippen LogP contribution in [0.15, 0.2) is 77.2 Å². The zero-order valence-corrected chi connectivity index (χ0v) is 17.9. The molecule has 3 aromatic carbocycles. The monoisotopic (exact) mass is 426 g/mol. The van der Waals surface area contributed by atoms with Crippen molar-refractivity contribution in [2.24, 2.45) is 5.92 Å². The largest absolute Gasteiger partial charge is 0.451 e. The Kier molecular flexibility index (Phi) is 5.63. The van der Waals surface area contributed by atoms with Gasteiger partial charge in [-0.3, -0.25) is 9.59 Å². The second-order valence-electron chi connectivity index (χ2n) is 8.50. The molecule has 1 saturated heterocycles. The molecule has 5 heteroatoms. The number of fused-ring (bicyclic) bond motifs is 2. The van der Waals surface area contributed by atoms with E-state index < -0.39 is 0 Å². The summed E-state index contributed by atoms with van der Waals surface area (Å²) in [5.41, 5.74) is 1.78. The van der Waals surface area contributed by atoms with E-state index in [0.717, 1.165) is 40.1 Å². The number of nitrogens with zero attached hydrogens (tertiary/aromatic N) is 1. The third-order valence-electron chi connectivity index (χ3n) is 6.36. The average molecular weight is 427 g/mol. The van der Waals surface area contributed by atoms with E-state index in [2.05, 4.69) is 23.5 Å². The van der Waals surface area contributed by atoms with Crippen molar-refractivity contribution in [2.75, 3.05) is 19.6 Å². The topological polar surface area (TPSA) is 62.6 Å². The van der Waals surface area contributed by atoms with Crippen LogP contribution in [0.1, 0.15) is 29.0 Å². The second-order valence-corrected chi connectivity index (χ2v) is 8.50. The first-order valence-electron chi connectivity index (χ1n) is 11.2. The molecule has 162 valence electrons. The van der Waals surface area contributed by atoms with Gasteiger partial charge in [-0.15, -0.1) is 0 Å². The zero-order valence-electron chi connectivity index (χ0n) is 17.9. The molecular formula is C27H26N2O3. The Hall–Kier alpha value is -3.60. The van der Waals surface area contributed by atoms with Crippen molar-refractivity contribution in [1.29, 1.82) is 0 Å². The van der Waals surface area contributed by atoms with Crippen molar-refractivity contribution in [3.8, 4) is 0 Å². The highest BCUT2D eigenvalue weighted by atomic mass is 16.3. The van der Waals surface area contributed by atoms with Crippen LogP contribution in [-0.2, 0) is 11.2 Å². The molecule has 1 aliphatic heterocycles. The van der Waals surface area contributed by atoms with Gasteiger partial charge in [0, 0.05) is 25.0 Å². The van der Waals surface area contributed by atoms with Gasteiger partial charge in [-0.2, -0.15) is 0 Å². The van der Waals surface area contributed by atoms with Crippen molar-refractivity contribution < 1.29 is 14.0 Å². The van der Waals surface area contributed by atoms with Crippen molar-refractivity contribution in [3.63, 3.8) is 0 Å². The van der Waals surface area contributed by atoms with E-state index in [0.29, 0.717) is 37.7 Å². The molecule has 5 rings (SSSR count). The number of hydrogen-bond acceptors (Lipinski definition) is 3. The molecule has 0 spiro atoms. The predicted molar refractivity (Wildman–Crippen MR) is 126 cm³/mol. The van der Waals surface area contributed by atoms with Gasteiger partial charge in [0.15, 0.2) is 5.76 Å². The highest BCUT2D eigenvalue weighted by molar-refractivity contribution is 5.96. The molecule has 5 nitrogen and oxygen atoms in total. The van der Waals surface area contributed by atoms with E-state index in [1.54, 1.807) is 0 Å². The molecule has 32 heavy (non-hydrogen) atoms. The van der Waals surface area contributed by atoms with Crippen LogP contribution in [0.4, 0.5) is 0 Å². The van der Waals surface area contributed by atoms with Gasteiger partial charge in [0.25, 0.3) is 5.91 Å². The summed E-state index contributed by atoms with van der Waals surface area (Å²) < 4.78 is 5.73. The minimum absolute atomic E-state index is 0.0436. The maximum Gasteiger partial charge on any atom is 0.289 e. The lowest BCUT2D eigenvalue weighted by Gasteiger charge is -2.31. The molecular weight excluding hydrogens is 400 g/mol. The lowest BCUT2D eigenvalue weighted by molar-refractivity contribution is -0.120. The Balaban J connectivity index is 1.12. The summed E-state index contributed by atoms with van der Waals surface area (Å²) in [5.74, 6) is 0.765. The van der Waals surface area contributed by atoms with Crippen molar-refractivity contribution in [3.05, 3.63) is 84.1 Å². The number of likely N-dealkylation sites (tertiary alicyclic amines) is 1. The van der Waals surface area contributed by atoms with Gasteiger partial charge in [0.05, 0.1) is 6.42 Å². The van der Waals surface area contributed by atoms with E-state index in [1.807, 2.05) is 59.5 Å². The third-order valence-corrected chi connectivity index (χ3v) is 6.36. The summed E-state index contributed by atoms with van der Waals surface area (Å²) in [6, 6.07) is 23.7. The molecule has 1 N–H and O–H groups in total. The van der Waals surface area contributed by atoms with E-state index >= 15 is 0 Å². The van der Waals surface area contributed by atoms with E-state index in [4.69, 9.17) is 4.42 Å². The van der Waals surface area contributed by atoms with Gasteiger partial charge < -0.3 is 14.6 Å². The van der Waals surface area contributed by atoms with Gasteiger partial charge in [-0.05, 0) is 47.2 Å². The molecule has 1 aliphatic rings. The van der Waals surface area contributed by atoms with Gasteiger partial charge >= 0.3 is 0 Å². The Bertz CT molecular complexity index is 1230. The summed E-state index contributed by atoms with van der Waals surface area (Å²) in [6.45, 7) is 2.01. The molecule has 4 aromatic rings. The number of rotatable bonds is 5. The van der Waals surface area contributed by atoms with Crippen LogP contribution in [0.5, 0.6) is 0 Å². The maximum absolute atomic E-state index is 12.8. The van der Waals surface area contributed by atoms with Crippen LogP contribution in [0.2, 0.25) is 0 Å². The lowest BCUT2D eigenvalue weighted by atomic mass is 9.96. The number of nitrogens with one attached hydrogen (secondary N) is 1. The van der Waals surface area contributed by atoms with Gasteiger partial charge in [0.2, 0.25) is 5.91 Å². The zero-order chi connectivity index (χ0) is 21.9. The Morgan fingerprint density at radius 3 is 2.44 bits per heavy atom.